The molecule has 1 unspecified atom stereocenters. The molecular weight excluding hydrogens is 170 g/mol. The van der Waals surface area contributed by atoms with Crippen molar-refractivity contribution >= 4 is 18.5 Å². The third-order valence-corrected chi connectivity index (χ3v) is 4.40. The van der Waals surface area contributed by atoms with Gasteiger partial charge in [0.2, 0.25) is 5.91 Å². The first-order valence-electron chi connectivity index (χ1n) is 4.57. The Morgan fingerprint density at radius 3 is 2.58 bits per heavy atom. The van der Waals surface area contributed by atoms with Crippen LogP contribution in [0.25, 0.3) is 0 Å². The molecule has 0 aromatic carbocycles. The second-order valence-corrected chi connectivity index (χ2v) is 4.56. The monoisotopic (exact) mass is 185 g/mol. The summed E-state index contributed by atoms with van der Waals surface area (Å²) in [6.07, 6.45) is 2.31. The van der Waals surface area contributed by atoms with Gasteiger partial charge in [-0.05, 0) is 18.8 Å². The minimum atomic E-state index is 0.148. The summed E-state index contributed by atoms with van der Waals surface area (Å²) in [5.74, 6) is 0.808. The van der Waals surface area contributed by atoms with E-state index in [0.29, 0.717) is 11.2 Å². The number of hydrogen-bond donors (Lipinski definition) is 1. The van der Waals surface area contributed by atoms with E-state index in [-0.39, 0.29) is 11.4 Å². The third kappa shape index (κ3) is 0.804. The minimum Gasteiger partial charge on any atom is -0.336 e. The summed E-state index contributed by atoms with van der Waals surface area (Å²) in [6, 6.07) is 0. The molecule has 1 saturated carbocycles. The Kier molecular flexibility index (Phi) is 1.69. The van der Waals surface area contributed by atoms with Gasteiger partial charge in [0.1, 0.15) is 0 Å². The maximum Gasteiger partial charge on any atom is 0.219 e. The molecule has 0 aromatic heterocycles. The van der Waals surface area contributed by atoms with Gasteiger partial charge in [0.05, 0.1) is 5.54 Å². The van der Waals surface area contributed by atoms with Crippen molar-refractivity contribution in [2.75, 3.05) is 6.54 Å². The van der Waals surface area contributed by atoms with Crippen LogP contribution in [0.2, 0.25) is 0 Å². The van der Waals surface area contributed by atoms with Gasteiger partial charge in [-0.3, -0.25) is 4.79 Å². The van der Waals surface area contributed by atoms with Crippen LogP contribution in [-0.2, 0) is 4.79 Å². The molecule has 2 fully saturated rings. The van der Waals surface area contributed by atoms with Crippen molar-refractivity contribution in [3.63, 3.8) is 0 Å². The largest absolute Gasteiger partial charge is 0.336 e. The number of hydrogen-bond acceptors (Lipinski definition) is 2. The summed E-state index contributed by atoms with van der Waals surface area (Å²) >= 11 is 4.51. The van der Waals surface area contributed by atoms with Gasteiger partial charge in [0, 0.05) is 18.7 Å². The van der Waals surface area contributed by atoms with Gasteiger partial charge in [-0.15, -0.1) is 0 Å². The molecule has 1 heterocycles. The third-order valence-electron chi connectivity index (χ3n) is 3.51. The fourth-order valence-corrected chi connectivity index (χ4v) is 3.36. The molecular formula is C9H15NOS. The smallest absolute Gasteiger partial charge is 0.219 e. The molecule has 2 nitrogen and oxygen atoms in total. The van der Waals surface area contributed by atoms with Crippen LogP contribution in [0, 0.1) is 5.92 Å². The lowest BCUT2D eigenvalue weighted by molar-refractivity contribution is -0.130. The van der Waals surface area contributed by atoms with E-state index < -0.39 is 0 Å². The number of thiol groups is 1. The Morgan fingerprint density at radius 2 is 2.25 bits per heavy atom. The van der Waals surface area contributed by atoms with E-state index in [2.05, 4.69) is 19.6 Å². The summed E-state index contributed by atoms with van der Waals surface area (Å²) < 4.78 is 0. The van der Waals surface area contributed by atoms with Gasteiger partial charge in [-0.1, -0.05) is 6.92 Å². The van der Waals surface area contributed by atoms with Gasteiger partial charge in [0.25, 0.3) is 0 Å². The minimum absolute atomic E-state index is 0.148. The lowest BCUT2D eigenvalue weighted by atomic mass is 10.1. The second kappa shape index (κ2) is 2.41. The molecule has 1 aliphatic heterocycles. The van der Waals surface area contributed by atoms with Crippen molar-refractivity contribution in [3.8, 4) is 0 Å². The Bertz CT molecular complexity index is 221. The fraction of sp³-hybridized carbons (Fsp3) is 0.889. The molecule has 12 heavy (non-hydrogen) atoms. The van der Waals surface area contributed by atoms with Gasteiger partial charge >= 0.3 is 0 Å². The fourth-order valence-electron chi connectivity index (χ4n) is 2.68. The first-order chi connectivity index (χ1) is 5.60. The van der Waals surface area contributed by atoms with Gasteiger partial charge in [0.15, 0.2) is 0 Å². The SMILES string of the molecule is CC(=O)N1CCC[C@]12C(S)[C@@H]2C. The van der Waals surface area contributed by atoms with Gasteiger partial charge in [-0.25, -0.2) is 0 Å². The maximum atomic E-state index is 11.3. The molecule has 0 bridgehead atoms. The standard InChI is InChI=1S/C9H15NOS/c1-6-8(12)9(6)4-3-5-10(9)7(2)11/h6,8,12H,3-5H2,1-2H3/t6-,8?,9-/m0/s1. The lowest BCUT2D eigenvalue weighted by Crippen LogP contribution is -2.38. The highest BCUT2D eigenvalue weighted by Gasteiger charge is 2.65. The average Bonchev–Trinajstić information content (AvgIpc) is 2.53. The van der Waals surface area contributed by atoms with Crippen LogP contribution in [0.3, 0.4) is 0 Å². The summed E-state index contributed by atoms with van der Waals surface area (Å²) in [6.45, 7) is 4.80. The highest BCUT2D eigenvalue weighted by molar-refractivity contribution is 7.81. The van der Waals surface area contributed by atoms with E-state index in [1.807, 2.05) is 4.90 Å². The Labute approximate surface area is 78.7 Å². The van der Waals surface area contributed by atoms with E-state index >= 15 is 0 Å². The molecule has 68 valence electrons. The molecule has 1 spiro atoms. The Morgan fingerprint density at radius 1 is 1.67 bits per heavy atom. The number of carbonyl (C=O) groups is 1. The summed E-state index contributed by atoms with van der Waals surface area (Å²) in [7, 11) is 0. The Balaban J connectivity index is 2.21. The first-order valence-corrected chi connectivity index (χ1v) is 5.08. The second-order valence-electron chi connectivity index (χ2n) is 4.00. The molecule has 1 aliphatic carbocycles. The summed E-state index contributed by atoms with van der Waals surface area (Å²) in [5.41, 5.74) is 0.148. The topological polar surface area (TPSA) is 20.3 Å². The van der Waals surface area contributed by atoms with Crippen molar-refractivity contribution in [1.82, 2.24) is 4.90 Å². The number of carbonyl (C=O) groups excluding carboxylic acids is 1. The molecule has 3 atom stereocenters. The highest BCUT2D eigenvalue weighted by atomic mass is 32.1. The van der Waals surface area contributed by atoms with Crippen LogP contribution in [-0.4, -0.2) is 28.1 Å². The molecule has 1 amide bonds. The van der Waals surface area contributed by atoms with Gasteiger partial charge < -0.3 is 4.90 Å². The molecule has 1 saturated heterocycles. The highest BCUT2D eigenvalue weighted by Crippen LogP contribution is 2.57. The normalized spacial score (nSPS) is 45.4. The van der Waals surface area contributed by atoms with Crippen molar-refractivity contribution in [1.29, 1.82) is 0 Å². The van der Waals surface area contributed by atoms with Crippen LogP contribution >= 0.6 is 12.6 Å². The quantitative estimate of drug-likeness (QED) is 0.564. The Hall–Kier alpha value is -0.180. The van der Waals surface area contributed by atoms with Crippen LogP contribution < -0.4 is 0 Å². The zero-order chi connectivity index (χ0) is 8.93. The van der Waals surface area contributed by atoms with E-state index in [9.17, 15) is 4.79 Å². The number of amides is 1. The van der Waals surface area contributed by atoms with Crippen molar-refractivity contribution < 1.29 is 4.79 Å². The maximum absolute atomic E-state index is 11.3. The zero-order valence-electron chi connectivity index (χ0n) is 7.58. The van der Waals surface area contributed by atoms with Crippen molar-refractivity contribution in [2.45, 2.75) is 37.5 Å². The van der Waals surface area contributed by atoms with E-state index in [1.54, 1.807) is 6.92 Å². The number of nitrogens with zero attached hydrogens (tertiary/aromatic N) is 1. The van der Waals surface area contributed by atoms with Crippen LogP contribution in [0.5, 0.6) is 0 Å². The zero-order valence-corrected chi connectivity index (χ0v) is 8.47. The molecule has 0 radical (unpaired) electrons. The van der Waals surface area contributed by atoms with E-state index in [0.717, 1.165) is 19.4 Å². The van der Waals surface area contributed by atoms with Crippen molar-refractivity contribution in [3.05, 3.63) is 0 Å². The van der Waals surface area contributed by atoms with Crippen LogP contribution in [0.1, 0.15) is 26.7 Å². The van der Waals surface area contributed by atoms with E-state index in [1.165, 1.54) is 0 Å². The number of rotatable bonds is 0. The molecule has 3 heteroatoms. The summed E-state index contributed by atoms with van der Waals surface area (Å²) in [5, 5.41) is 0.420. The number of likely N-dealkylation sites (tertiary alicyclic amines) is 1. The molecule has 0 N–H and O–H groups in total. The average molecular weight is 185 g/mol. The molecule has 2 aliphatic rings. The first kappa shape index (κ1) is 8.42. The molecule has 2 rings (SSSR count). The summed E-state index contributed by atoms with van der Waals surface area (Å²) in [4.78, 5) is 13.3. The van der Waals surface area contributed by atoms with Crippen LogP contribution in [0.4, 0.5) is 0 Å². The lowest BCUT2D eigenvalue weighted by Gasteiger charge is -2.24. The molecule has 0 aromatic rings. The predicted octanol–water partition coefficient (Wildman–Crippen LogP) is 1.32. The van der Waals surface area contributed by atoms with Crippen LogP contribution in [0.15, 0.2) is 0 Å². The van der Waals surface area contributed by atoms with E-state index in [4.69, 9.17) is 0 Å². The van der Waals surface area contributed by atoms with Crippen molar-refractivity contribution in [2.24, 2.45) is 5.92 Å². The van der Waals surface area contributed by atoms with Gasteiger partial charge in [-0.2, -0.15) is 12.6 Å². The predicted molar refractivity (Wildman–Crippen MR) is 51.3 cm³/mol.